The summed E-state index contributed by atoms with van der Waals surface area (Å²) in [6.07, 6.45) is 0. The quantitative estimate of drug-likeness (QED) is 0.520. The van der Waals surface area contributed by atoms with Gasteiger partial charge in [0.05, 0.1) is 0 Å². The molecule has 0 aliphatic carbocycles. The molecule has 16 heavy (non-hydrogen) atoms. The Morgan fingerprint density at radius 1 is 1.00 bits per heavy atom. The molecular weight excluding hydrogens is 246 g/mol. The summed E-state index contributed by atoms with van der Waals surface area (Å²) in [6.45, 7) is 0. The molecule has 2 aromatic heterocycles. The van der Waals surface area contributed by atoms with Crippen molar-refractivity contribution in [2.75, 3.05) is 0 Å². The van der Waals surface area contributed by atoms with Gasteiger partial charge in [-0.25, -0.2) is 0 Å². The topological polar surface area (TPSA) is 80.9 Å². The molecule has 2 rings (SSSR count). The Morgan fingerprint density at radius 2 is 1.75 bits per heavy atom. The second-order valence-corrected chi connectivity index (χ2v) is 4.99. The lowest BCUT2D eigenvalue weighted by Gasteiger charge is -2.04. The van der Waals surface area contributed by atoms with Gasteiger partial charge in [0.1, 0.15) is 0 Å². The Balaban J connectivity index is 2.55. The van der Waals surface area contributed by atoms with Crippen molar-refractivity contribution in [2.24, 2.45) is 0 Å². The van der Waals surface area contributed by atoms with E-state index < -0.39 is 14.2 Å². The molecule has 2 aromatic rings. The first-order chi connectivity index (χ1) is 7.61. The zero-order valence-electron chi connectivity index (χ0n) is 8.07. The van der Waals surface area contributed by atoms with E-state index in [1.807, 2.05) is 17.5 Å². The van der Waals surface area contributed by atoms with Crippen molar-refractivity contribution in [1.29, 1.82) is 0 Å². The van der Waals surface area contributed by atoms with Crippen molar-refractivity contribution in [3.05, 3.63) is 22.9 Å². The van der Waals surface area contributed by atoms with E-state index in [0.29, 0.717) is 4.88 Å². The summed E-state index contributed by atoms with van der Waals surface area (Å²) >= 11 is 2.72. The van der Waals surface area contributed by atoms with E-state index >= 15 is 0 Å². The van der Waals surface area contributed by atoms with Gasteiger partial charge >= 0.3 is 14.2 Å². The molecule has 0 aliphatic heterocycles. The lowest BCUT2D eigenvalue weighted by atomic mass is 9.67. The third-order valence-corrected chi connectivity index (χ3v) is 4.20. The summed E-state index contributed by atoms with van der Waals surface area (Å²) in [6, 6.07) is 3.69. The van der Waals surface area contributed by atoms with Crippen LogP contribution in [-0.2, 0) is 0 Å². The second kappa shape index (κ2) is 4.70. The molecular formula is C8H8B2O4S2. The van der Waals surface area contributed by atoms with Crippen LogP contribution in [0.5, 0.6) is 0 Å². The summed E-state index contributed by atoms with van der Waals surface area (Å²) in [5.74, 6) is 0. The predicted molar refractivity (Wildman–Crippen MR) is 67.3 cm³/mol. The highest BCUT2D eigenvalue weighted by Gasteiger charge is 2.29. The van der Waals surface area contributed by atoms with E-state index in [4.69, 9.17) is 10.0 Å². The molecule has 0 radical (unpaired) electrons. The average Bonchev–Trinajstić information content (AvgIpc) is 2.85. The average molecular weight is 254 g/mol. The summed E-state index contributed by atoms with van der Waals surface area (Å²) in [5.41, 5.74) is 0.311. The van der Waals surface area contributed by atoms with Crippen LogP contribution >= 0.6 is 22.7 Å². The van der Waals surface area contributed by atoms with Crippen LogP contribution in [0.15, 0.2) is 22.9 Å². The maximum Gasteiger partial charge on any atom is 0.489 e. The summed E-state index contributed by atoms with van der Waals surface area (Å²) in [5, 5.41) is 40.1. The van der Waals surface area contributed by atoms with Crippen LogP contribution in [0, 0.1) is 0 Å². The van der Waals surface area contributed by atoms with Crippen molar-refractivity contribution in [3.63, 3.8) is 0 Å². The highest BCUT2D eigenvalue weighted by atomic mass is 32.1. The first-order valence-corrected chi connectivity index (χ1v) is 6.24. The van der Waals surface area contributed by atoms with Gasteiger partial charge in [-0.05, 0) is 22.3 Å². The van der Waals surface area contributed by atoms with Crippen molar-refractivity contribution < 1.29 is 20.1 Å². The monoisotopic (exact) mass is 254 g/mol. The van der Waals surface area contributed by atoms with Gasteiger partial charge in [-0.15, -0.1) is 22.7 Å². The van der Waals surface area contributed by atoms with Crippen LogP contribution in [-0.4, -0.2) is 34.3 Å². The maximum atomic E-state index is 9.27. The van der Waals surface area contributed by atoms with E-state index in [1.165, 1.54) is 28.1 Å². The van der Waals surface area contributed by atoms with Crippen LogP contribution < -0.4 is 10.9 Å². The molecule has 0 amide bonds. The first-order valence-electron chi connectivity index (χ1n) is 4.48. The van der Waals surface area contributed by atoms with Crippen LogP contribution in [0.25, 0.3) is 9.75 Å². The fourth-order valence-electron chi connectivity index (χ4n) is 1.45. The molecule has 8 heteroatoms. The smallest absolute Gasteiger partial charge is 0.423 e. The molecule has 82 valence electrons. The van der Waals surface area contributed by atoms with Crippen LogP contribution in [0.2, 0.25) is 0 Å². The molecule has 0 saturated heterocycles. The molecule has 0 bridgehead atoms. The van der Waals surface area contributed by atoms with Gasteiger partial charge < -0.3 is 20.1 Å². The zero-order chi connectivity index (χ0) is 11.7. The maximum absolute atomic E-state index is 9.27. The lowest BCUT2D eigenvalue weighted by Crippen LogP contribution is -2.48. The molecule has 0 unspecified atom stereocenters. The van der Waals surface area contributed by atoms with Crippen LogP contribution in [0.4, 0.5) is 0 Å². The number of hydrogen-bond acceptors (Lipinski definition) is 6. The van der Waals surface area contributed by atoms with Gasteiger partial charge in [0.15, 0.2) is 0 Å². The van der Waals surface area contributed by atoms with Crippen molar-refractivity contribution in [2.45, 2.75) is 0 Å². The zero-order valence-corrected chi connectivity index (χ0v) is 9.70. The molecule has 0 aliphatic rings. The van der Waals surface area contributed by atoms with E-state index in [0.717, 1.165) is 4.88 Å². The van der Waals surface area contributed by atoms with E-state index in [2.05, 4.69) is 0 Å². The Morgan fingerprint density at radius 3 is 2.25 bits per heavy atom. The normalized spacial score (nSPS) is 10.5. The molecule has 0 atom stereocenters. The summed E-state index contributed by atoms with van der Waals surface area (Å²) in [4.78, 5) is 1.54. The van der Waals surface area contributed by atoms with Gasteiger partial charge in [-0.3, -0.25) is 0 Å². The van der Waals surface area contributed by atoms with Crippen molar-refractivity contribution in [3.8, 4) is 9.75 Å². The third-order valence-electron chi connectivity index (χ3n) is 2.14. The van der Waals surface area contributed by atoms with Crippen molar-refractivity contribution >= 4 is 47.8 Å². The number of rotatable bonds is 3. The van der Waals surface area contributed by atoms with Gasteiger partial charge in [0, 0.05) is 15.2 Å². The second-order valence-electron chi connectivity index (χ2n) is 3.16. The fraction of sp³-hybridized carbons (Fsp3) is 0. The minimum absolute atomic E-state index is 0.142. The molecule has 2 heterocycles. The molecule has 4 N–H and O–H groups in total. The van der Waals surface area contributed by atoms with E-state index in [-0.39, 0.29) is 10.9 Å². The van der Waals surface area contributed by atoms with Gasteiger partial charge in [-0.1, -0.05) is 6.07 Å². The molecule has 0 fully saturated rings. The largest absolute Gasteiger partial charge is 0.489 e. The lowest BCUT2D eigenvalue weighted by molar-refractivity contribution is 0.419. The van der Waals surface area contributed by atoms with Crippen LogP contribution in [0.1, 0.15) is 0 Å². The summed E-state index contributed by atoms with van der Waals surface area (Å²) < 4.78 is 0. The van der Waals surface area contributed by atoms with Gasteiger partial charge in [-0.2, -0.15) is 0 Å². The Kier molecular flexibility index (Phi) is 3.48. The SMILES string of the molecule is OB(O)c1csc(-c2cccs2)c1B(O)O. The highest BCUT2D eigenvalue weighted by Crippen LogP contribution is 2.26. The van der Waals surface area contributed by atoms with Crippen LogP contribution in [0.3, 0.4) is 0 Å². The standard InChI is InChI=1S/C8H8B2O4S2/c11-9(12)5-4-16-8(7(5)10(13)14)6-2-1-3-15-6/h1-4,11-14H. The van der Waals surface area contributed by atoms with E-state index in [9.17, 15) is 10.0 Å². The van der Waals surface area contributed by atoms with E-state index in [1.54, 1.807) is 0 Å². The molecule has 0 saturated carbocycles. The minimum atomic E-state index is -1.71. The minimum Gasteiger partial charge on any atom is -0.423 e. The number of thiophene rings is 2. The number of hydrogen-bond donors (Lipinski definition) is 4. The van der Waals surface area contributed by atoms with Crippen molar-refractivity contribution in [1.82, 2.24) is 0 Å². The molecule has 0 spiro atoms. The summed E-state index contributed by atoms with van der Waals surface area (Å²) in [7, 11) is -3.40. The molecule has 4 nitrogen and oxygen atoms in total. The molecule has 0 aromatic carbocycles. The Bertz CT molecular complexity index is 466. The first kappa shape index (κ1) is 11.8. The fourth-order valence-corrected chi connectivity index (χ4v) is 3.44. The van der Waals surface area contributed by atoms with Gasteiger partial charge in [0.25, 0.3) is 0 Å². The Labute approximate surface area is 101 Å². The Hall–Kier alpha value is -0.630. The predicted octanol–water partition coefficient (Wildman–Crippen LogP) is -1.16. The third kappa shape index (κ3) is 2.08. The van der Waals surface area contributed by atoms with Gasteiger partial charge in [0.2, 0.25) is 0 Å². The highest BCUT2D eigenvalue weighted by molar-refractivity contribution is 7.22.